The van der Waals surface area contributed by atoms with Crippen LogP contribution in [0.25, 0.3) is 0 Å². The highest BCUT2D eigenvalue weighted by atomic mass is 32.2. The molecule has 4 rings (SSSR count). The zero-order chi connectivity index (χ0) is 22.6. The van der Waals surface area contributed by atoms with Gasteiger partial charge >= 0.3 is 6.03 Å². The lowest BCUT2D eigenvalue weighted by Crippen LogP contribution is -2.39. The number of amides is 2. The van der Waals surface area contributed by atoms with Gasteiger partial charge in [0, 0.05) is 45.5 Å². The van der Waals surface area contributed by atoms with E-state index in [1.54, 1.807) is 17.2 Å². The Kier molecular flexibility index (Phi) is 6.70. The maximum Gasteiger partial charge on any atom is 0.328 e. The summed E-state index contributed by atoms with van der Waals surface area (Å²) in [6.07, 6.45) is 6.68. The van der Waals surface area contributed by atoms with Gasteiger partial charge < -0.3 is 10.2 Å². The van der Waals surface area contributed by atoms with E-state index in [2.05, 4.69) is 25.5 Å². The van der Waals surface area contributed by atoms with Crippen molar-refractivity contribution in [2.75, 3.05) is 66.0 Å². The van der Waals surface area contributed by atoms with E-state index in [-0.39, 0.29) is 6.03 Å². The van der Waals surface area contributed by atoms with Gasteiger partial charge in [0.1, 0.15) is 18.0 Å². The fraction of sp³-hybridized carbons (Fsp3) is 0.500. The largest absolute Gasteiger partial charge is 0.382 e. The van der Waals surface area contributed by atoms with Crippen LogP contribution in [0.15, 0.2) is 30.7 Å². The van der Waals surface area contributed by atoms with Crippen LogP contribution in [0.5, 0.6) is 0 Å². The van der Waals surface area contributed by atoms with Gasteiger partial charge in [0.15, 0.2) is 5.82 Å². The number of sulfonamides is 1. The first-order valence-electron chi connectivity index (χ1n) is 10.7. The monoisotopic (exact) mass is 460 g/mol. The van der Waals surface area contributed by atoms with Crippen LogP contribution in [0.1, 0.15) is 19.3 Å². The van der Waals surface area contributed by atoms with Crippen LogP contribution in [0.2, 0.25) is 0 Å². The molecule has 2 amide bonds. The fourth-order valence-electron chi connectivity index (χ4n) is 3.88. The number of rotatable bonds is 3. The minimum Gasteiger partial charge on any atom is -0.382 e. The molecular formula is C20H28N8O3S. The molecule has 0 saturated carbocycles. The molecule has 1 fully saturated rings. The highest BCUT2D eigenvalue weighted by molar-refractivity contribution is 7.88. The van der Waals surface area contributed by atoms with Gasteiger partial charge in [0.05, 0.1) is 11.9 Å². The van der Waals surface area contributed by atoms with E-state index in [0.29, 0.717) is 50.8 Å². The molecule has 12 heteroatoms. The Bertz CT molecular complexity index is 1050. The Morgan fingerprint density at radius 2 is 1.94 bits per heavy atom. The lowest BCUT2D eigenvalue weighted by Gasteiger charge is -2.29. The summed E-state index contributed by atoms with van der Waals surface area (Å²) >= 11 is 0. The first kappa shape index (κ1) is 22.2. The van der Waals surface area contributed by atoms with Crippen molar-refractivity contribution < 1.29 is 13.2 Å². The van der Waals surface area contributed by atoms with Gasteiger partial charge in [-0.1, -0.05) is 0 Å². The van der Waals surface area contributed by atoms with Crippen molar-refractivity contribution in [2.45, 2.75) is 19.3 Å². The third-order valence-electron chi connectivity index (χ3n) is 5.55. The number of anilines is 4. The number of aromatic nitrogens is 3. The molecule has 0 radical (unpaired) electrons. The predicted molar refractivity (Wildman–Crippen MR) is 124 cm³/mol. The number of nitrogens with zero attached hydrogens (tertiary/aromatic N) is 6. The van der Waals surface area contributed by atoms with Gasteiger partial charge in [-0.2, -0.15) is 0 Å². The molecule has 32 heavy (non-hydrogen) atoms. The van der Waals surface area contributed by atoms with Crippen LogP contribution in [0, 0.1) is 0 Å². The molecule has 0 atom stereocenters. The van der Waals surface area contributed by atoms with Gasteiger partial charge in [-0.25, -0.2) is 32.5 Å². The third-order valence-corrected chi connectivity index (χ3v) is 6.85. The van der Waals surface area contributed by atoms with Crippen molar-refractivity contribution >= 4 is 39.2 Å². The smallest absolute Gasteiger partial charge is 0.328 e. The standard InChI is InChI=1S/C20H28N8O3S/c1-32(30,31)27-11-4-10-26(13-14-27)18-6-5-16-19(25-18)28(12-3-2-8-22-16)20(29)24-17-7-9-21-15-23-17/h5-7,9,15,22H,2-4,8,10-14H2,1H3,(H,21,23,24,29). The molecular weight excluding hydrogens is 432 g/mol. The SMILES string of the molecule is CS(=O)(=O)N1CCCN(c2ccc3c(n2)N(C(=O)Nc2ccncn2)CCCCN3)CC1. The van der Waals surface area contributed by atoms with Crippen molar-refractivity contribution in [1.82, 2.24) is 19.3 Å². The average molecular weight is 461 g/mol. The molecule has 0 spiro atoms. The van der Waals surface area contributed by atoms with E-state index in [9.17, 15) is 13.2 Å². The van der Waals surface area contributed by atoms with Crippen LogP contribution in [0.4, 0.5) is 27.9 Å². The minimum absolute atomic E-state index is 0.308. The number of carbonyl (C=O) groups excluding carboxylic acids is 1. The highest BCUT2D eigenvalue weighted by Crippen LogP contribution is 2.30. The summed E-state index contributed by atoms with van der Waals surface area (Å²) in [6.45, 7) is 3.48. The Hall–Kier alpha value is -2.99. The lowest BCUT2D eigenvalue weighted by atomic mass is 10.2. The van der Waals surface area contributed by atoms with Gasteiger partial charge in [0.25, 0.3) is 0 Å². The van der Waals surface area contributed by atoms with Gasteiger partial charge in [0.2, 0.25) is 10.0 Å². The summed E-state index contributed by atoms with van der Waals surface area (Å²) < 4.78 is 25.4. The van der Waals surface area contributed by atoms with Crippen molar-refractivity contribution in [3.05, 3.63) is 30.7 Å². The number of pyridine rings is 1. The quantitative estimate of drug-likeness (QED) is 0.708. The Labute approximate surface area is 187 Å². The van der Waals surface area contributed by atoms with E-state index in [1.807, 2.05) is 12.1 Å². The summed E-state index contributed by atoms with van der Waals surface area (Å²) in [6, 6.07) is 5.19. The Balaban J connectivity index is 1.59. The molecule has 4 heterocycles. The fourth-order valence-corrected chi connectivity index (χ4v) is 4.75. The normalized spacial score (nSPS) is 18.0. The maximum absolute atomic E-state index is 13.1. The van der Waals surface area contributed by atoms with Gasteiger partial charge in [-0.3, -0.25) is 10.2 Å². The maximum atomic E-state index is 13.1. The number of fused-ring (bicyclic) bond motifs is 1. The number of hydrogen-bond acceptors (Lipinski definition) is 8. The average Bonchev–Trinajstić information content (AvgIpc) is 3.01. The minimum atomic E-state index is -3.22. The molecule has 2 N–H and O–H groups in total. The molecule has 2 aromatic rings. The highest BCUT2D eigenvalue weighted by Gasteiger charge is 2.26. The van der Waals surface area contributed by atoms with Crippen LogP contribution in [0.3, 0.4) is 0 Å². The summed E-state index contributed by atoms with van der Waals surface area (Å²) in [4.78, 5) is 29.6. The Morgan fingerprint density at radius 1 is 1.06 bits per heavy atom. The molecule has 2 aliphatic heterocycles. The van der Waals surface area contributed by atoms with Gasteiger partial charge in [-0.15, -0.1) is 0 Å². The van der Waals surface area contributed by atoms with E-state index in [1.165, 1.54) is 16.9 Å². The van der Waals surface area contributed by atoms with Crippen LogP contribution >= 0.6 is 0 Å². The second-order valence-electron chi connectivity index (χ2n) is 7.85. The second kappa shape index (κ2) is 9.65. The number of hydrogen-bond donors (Lipinski definition) is 2. The molecule has 11 nitrogen and oxygen atoms in total. The molecule has 2 aromatic heterocycles. The molecule has 0 aliphatic carbocycles. The summed E-state index contributed by atoms with van der Waals surface area (Å²) in [5, 5.41) is 6.18. The Morgan fingerprint density at radius 3 is 2.72 bits per heavy atom. The van der Waals surface area contributed by atoms with Crippen LogP contribution < -0.4 is 20.4 Å². The van der Waals surface area contributed by atoms with Crippen LogP contribution in [-0.2, 0) is 10.0 Å². The predicted octanol–water partition coefficient (Wildman–Crippen LogP) is 1.59. The topological polar surface area (TPSA) is 124 Å². The van der Waals surface area contributed by atoms with E-state index in [4.69, 9.17) is 4.98 Å². The van der Waals surface area contributed by atoms with E-state index < -0.39 is 10.0 Å². The third kappa shape index (κ3) is 5.25. The second-order valence-corrected chi connectivity index (χ2v) is 9.84. The summed E-state index contributed by atoms with van der Waals surface area (Å²) in [5.41, 5.74) is 0.791. The molecule has 2 aliphatic rings. The van der Waals surface area contributed by atoms with Crippen LogP contribution in [-0.4, -0.2) is 79.2 Å². The summed E-state index contributed by atoms with van der Waals surface area (Å²) in [5.74, 6) is 1.70. The first-order valence-corrected chi connectivity index (χ1v) is 12.6. The molecule has 172 valence electrons. The summed E-state index contributed by atoms with van der Waals surface area (Å²) in [7, 11) is -3.22. The molecule has 1 saturated heterocycles. The zero-order valence-electron chi connectivity index (χ0n) is 18.1. The number of carbonyl (C=O) groups is 1. The number of nitrogens with one attached hydrogen (secondary N) is 2. The zero-order valence-corrected chi connectivity index (χ0v) is 18.9. The molecule has 0 aromatic carbocycles. The first-order chi connectivity index (χ1) is 15.4. The van der Waals surface area contributed by atoms with E-state index in [0.717, 1.165) is 30.9 Å². The lowest BCUT2D eigenvalue weighted by molar-refractivity contribution is 0.256. The molecule has 0 unspecified atom stereocenters. The van der Waals surface area contributed by atoms with E-state index >= 15 is 0 Å². The van der Waals surface area contributed by atoms with Crippen molar-refractivity contribution in [2.24, 2.45) is 0 Å². The van der Waals surface area contributed by atoms with Crippen molar-refractivity contribution in [3.8, 4) is 0 Å². The molecule has 0 bridgehead atoms. The van der Waals surface area contributed by atoms with Crippen molar-refractivity contribution in [1.29, 1.82) is 0 Å². The van der Waals surface area contributed by atoms with Gasteiger partial charge in [-0.05, 0) is 37.5 Å². The van der Waals surface area contributed by atoms with Crippen molar-refractivity contribution in [3.63, 3.8) is 0 Å². The number of urea groups is 1.